The molecule has 0 atom stereocenters. The lowest BCUT2D eigenvalue weighted by atomic mass is 10.0. The van der Waals surface area contributed by atoms with Gasteiger partial charge in [-0.2, -0.15) is 0 Å². The van der Waals surface area contributed by atoms with Gasteiger partial charge in [-0.1, -0.05) is 30.3 Å². The number of piperidine rings is 1. The van der Waals surface area contributed by atoms with Crippen LogP contribution in [0, 0.1) is 0 Å². The van der Waals surface area contributed by atoms with Gasteiger partial charge in [-0.05, 0) is 49.2 Å². The number of pyridine rings is 3. The highest BCUT2D eigenvalue weighted by Gasteiger charge is 2.23. The summed E-state index contributed by atoms with van der Waals surface area (Å²) in [6, 6.07) is 21.5. The second kappa shape index (κ2) is 9.24. The molecule has 4 aromatic rings. The number of aromatic nitrogens is 3. The summed E-state index contributed by atoms with van der Waals surface area (Å²) in [5.74, 6) is -0.0519. The molecule has 3 aromatic heterocycles. The Morgan fingerprint density at radius 1 is 0.906 bits per heavy atom. The van der Waals surface area contributed by atoms with Crippen LogP contribution in [0.3, 0.4) is 0 Å². The Morgan fingerprint density at radius 3 is 2.41 bits per heavy atom. The maximum absolute atomic E-state index is 13.3. The fraction of sp³-hybridized carbons (Fsp3) is 0.231. The standard InChI is InChI=1S/C26H25N5O/c32-26(29-19-11-15-31(16-12-19)18-20-7-3-5-13-27-20)22-17-25(24-10-4-6-14-28-24)30-23-9-2-1-8-21(22)23/h1-10,13-14,17,19H,11-12,15-16,18H2,(H,29,32). The number of nitrogens with zero attached hydrogens (tertiary/aromatic N) is 4. The Morgan fingerprint density at radius 2 is 1.66 bits per heavy atom. The number of hydrogen-bond donors (Lipinski definition) is 1. The van der Waals surface area contributed by atoms with E-state index < -0.39 is 0 Å². The van der Waals surface area contributed by atoms with Gasteiger partial charge >= 0.3 is 0 Å². The molecule has 0 spiro atoms. The van der Waals surface area contributed by atoms with Crippen molar-refractivity contribution in [1.29, 1.82) is 0 Å². The van der Waals surface area contributed by atoms with Crippen LogP contribution in [0.15, 0.2) is 79.1 Å². The summed E-state index contributed by atoms with van der Waals surface area (Å²) >= 11 is 0. The van der Waals surface area contributed by atoms with E-state index >= 15 is 0 Å². The Balaban J connectivity index is 1.31. The van der Waals surface area contributed by atoms with Crippen molar-refractivity contribution in [2.75, 3.05) is 13.1 Å². The maximum Gasteiger partial charge on any atom is 0.252 e. The van der Waals surface area contributed by atoms with E-state index in [-0.39, 0.29) is 11.9 Å². The molecule has 4 heterocycles. The molecule has 1 aliphatic heterocycles. The monoisotopic (exact) mass is 423 g/mol. The van der Waals surface area contributed by atoms with E-state index in [9.17, 15) is 4.79 Å². The molecule has 0 unspecified atom stereocenters. The quantitative estimate of drug-likeness (QED) is 0.524. The minimum Gasteiger partial charge on any atom is -0.349 e. The van der Waals surface area contributed by atoms with Crippen molar-refractivity contribution in [2.24, 2.45) is 0 Å². The second-order valence-electron chi connectivity index (χ2n) is 8.13. The summed E-state index contributed by atoms with van der Waals surface area (Å²) in [5, 5.41) is 4.12. The van der Waals surface area contributed by atoms with Crippen molar-refractivity contribution in [3.63, 3.8) is 0 Å². The van der Waals surface area contributed by atoms with Gasteiger partial charge in [0.2, 0.25) is 0 Å². The van der Waals surface area contributed by atoms with Crippen LogP contribution >= 0.6 is 0 Å². The van der Waals surface area contributed by atoms with Gasteiger partial charge < -0.3 is 5.32 Å². The number of benzene rings is 1. The first-order valence-corrected chi connectivity index (χ1v) is 11.0. The maximum atomic E-state index is 13.3. The Labute approximate surface area is 187 Å². The Kier molecular flexibility index (Phi) is 5.85. The third kappa shape index (κ3) is 4.50. The van der Waals surface area contributed by atoms with Gasteiger partial charge in [-0.25, -0.2) is 4.98 Å². The number of para-hydroxylation sites is 1. The molecule has 6 nitrogen and oxygen atoms in total. The molecule has 1 amide bonds. The molecule has 1 N–H and O–H groups in total. The molecule has 1 fully saturated rings. The molecule has 0 aliphatic carbocycles. The third-order valence-electron chi connectivity index (χ3n) is 5.92. The van der Waals surface area contributed by atoms with Crippen LogP contribution in [-0.4, -0.2) is 44.9 Å². The zero-order valence-corrected chi connectivity index (χ0v) is 17.8. The van der Waals surface area contributed by atoms with Crippen LogP contribution in [-0.2, 0) is 6.54 Å². The molecule has 0 saturated carbocycles. The highest BCUT2D eigenvalue weighted by Crippen LogP contribution is 2.24. The molecular formula is C26H25N5O. The first-order chi connectivity index (χ1) is 15.8. The molecule has 0 radical (unpaired) electrons. The van der Waals surface area contributed by atoms with Crippen LogP contribution in [0.4, 0.5) is 0 Å². The third-order valence-corrected chi connectivity index (χ3v) is 5.92. The molecule has 6 heteroatoms. The lowest BCUT2D eigenvalue weighted by Crippen LogP contribution is -2.44. The van der Waals surface area contributed by atoms with Crippen LogP contribution in [0.2, 0.25) is 0 Å². The zero-order chi connectivity index (χ0) is 21.8. The van der Waals surface area contributed by atoms with Gasteiger partial charge in [0.15, 0.2) is 0 Å². The Hall–Kier alpha value is -3.64. The average Bonchev–Trinajstić information content (AvgIpc) is 2.85. The minimum absolute atomic E-state index is 0.0519. The number of amides is 1. The van der Waals surface area contributed by atoms with Gasteiger partial charge in [0.05, 0.1) is 28.2 Å². The largest absolute Gasteiger partial charge is 0.349 e. The van der Waals surface area contributed by atoms with E-state index in [0.29, 0.717) is 11.3 Å². The number of fused-ring (bicyclic) bond motifs is 1. The van der Waals surface area contributed by atoms with Gasteiger partial charge in [0.25, 0.3) is 5.91 Å². The van der Waals surface area contributed by atoms with Crippen LogP contribution < -0.4 is 5.32 Å². The lowest BCUT2D eigenvalue weighted by Gasteiger charge is -2.32. The highest BCUT2D eigenvalue weighted by atomic mass is 16.1. The SMILES string of the molecule is O=C(NC1CCN(Cc2ccccn2)CC1)c1cc(-c2ccccn2)nc2ccccc12. The Bertz CT molecular complexity index is 1200. The number of carbonyl (C=O) groups excluding carboxylic acids is 1. The fourth-order valence-electron chi connectivity index (χ4n) is 4.23. The summed E-state index contributed by atoms with van der Waals surface area (Å²) in [4.78, 5) is 29.3. The number of hydrogen-bond acceptors (Lipinski definition) is 5. The second-order valence-corrected chi connectivity index (χ2v) is 8.13. The molecule has 32 heavy (non-hydrogen) atoms. The van der Waals surface area contributed by atoms with E-state index in [4.69, 9.17) is 4.98 Å². The van der Waals surface area contributed by atoms with E-state index in [1.807, 2.05) is 66.9 Å². The molecule has 160 valence electrons. The van der Waals surface area contributed by atoms with Crippen LogP contribution in [0.25, 0.3) is 22.3 Å². The predicted molar refractivity (Wildman–Crippen MR) is 125 cm³/mol. The molecule has 1 aliphatic rings. The van der Waals surface area contributed by atoms with Crippen molar-refractivity contribution >= 4 is 16.8 Å². The minimum atomic E-state index is -0.0519. The van der Waals surface area contributed by atoms with Crippen molar-refractivity contribution < 1.29 is 4.79 Å². The van der Waals surface area contributed by atoms with Crippen LogP contribution in [0.5, 0.6) is 0 Å². The molecular weight excluding hydrogens is 398 g/mol. The van der Waals surface area contributed by atoms with Crippen molar-refractivity contribution in [2.45, 2.75) is 25.4 Å². The van der Waals surface area contributed by atoms with Gasteiger partial charge in [-0.15, -0.1) is 0 Å². The smallest absolute Gasteiger partial charge is 0.252 e. The highest BCUT2D eigenvalue weighted by molar-refractivity contribution is 6.07. The first kappa shape index (κ1) is 20.3. The lowest BCUT2D eigenvalue weighted by molar-refractivity contribution is 0.0910. The number of rotatable bonds is 5. The number of nitrogens with one attached hydrogen (secondary N) is 1. The zero-order valence-electron chi connectivity index (χ0n) is 17.8. The van der Waals surface area contributed by atoms with Gasteiger partial charge in [-0.3, -0.25) is 19.7 Å². The van der Waals surface area contributed by atoms with E-state index in [1.165, 1.54) is 0 Å². The fourth-order valence-corrected chi connectivity index (χ4v) is 4.23. The van der Waals surface area contributed by atoms with Crippen molar-refractivity contribution in [3.05, 3.63) is 90.4 Å². The van der Waals surface area contributed by atoms with E-state index in [1.54, 1.807) is 6.20 Å². The summed E-state index contributed by atoms with van der Waals surface area (Å²) in [7, 11) is 0. The molecule has 1 aromatic carbocycles. The van der Waals surface area contributed by atoms with E-state index in [0.717, 1.165) is 54.8 Å². The van der Waals surface area contributed by atoms with Crippen LogP contribution in [0.1, 0.15) is 28.9 Å². The normalized spacial score (nSPS) is 15.0. The summed E-state index contributed by atoms with van der Waals surface area (Å²) < 4.78 is 0. The average molecular weight is 424 g/mol. The number of carbonyl (C=O) groups is 1. The van der Waals surface area contributed by atoms with Gasteiger partial charge in [0.1, 0.15) is 0 Å². The predicted octanol–water partition coefficient (Wildman–Crippen LogP) is 4.09. The summed E-state index contributed by atoms with van der Waals surface area (Å²) in [6.45, 7) is 2.74. The van der Waals surface area contributed by atoms with Gasteiger partial charge in [0, 0.05) is 43.5 Å². The summed E-state index contributed by atoms with van der Waals surface area (Å²) in [6.07, 6.45) is 5.43. The topological polar surface area (TPSA) is 71.0 Å². The van der Waals surface area contributed by atoms with Crippen molar-refractivity contribution in [1.82, 2.24) is 25.2 Å². The molecule has 0 bridgehead atoms. The van der Waals surface area contributed by atoms with Crippen molar-refractivity contribution in [3.8, 4) is 11.4 Å². The first-order valence-electron chi connectivity index (χ1n) is 11.0. The number of likely N-dealkylation sites (tertiary alicyclic amines) is 1. The summed E-state index contributed by atoms with van der Waals surface area (Å²) in [5.41, 5.74) is 3.99. The van der Waals surface area contributed by atoms with E-state index in [2.05, 4.69) is 26.3 Å². The molecule has 1 saturated heterocycles. The molecule has 5 rings (SSSR count).